The monoisotopic (exact) mass is 622 g/mol. The lowest BCUT2D eigenvalue weighted by molar-refractivity contribution is -0.537. The normalized spacial score (nSPS) is 37.4. The van der Waals surface area contributed by atoms with Crippen molar-refractivity contribution in [1.82, 2.24) is 16.0 Å². The van der Waals surface area contributed by atoms with E-state index in [4.69, 9.17) is 34.2 Å². The lowest BCUT2D eigenvalue weighted by atomic mass is 10.0. The average molecular weight is 623 g/mol. The second-order valence-corrected chi connectivity index (χ2v) is 11.9. The number of fused-ring (bicyclic) bond motifs is 1. The van der Waals surface area contributed by atoms with Crippen LogP contribution >= 0.6 is 0 Å². The minimum atomic E-state index is -1.60. The SMILES string of the molecule is C=C1CC=[N+]([C@@H]2O[C@H]([C@@H](O[C@H]3OC(C(=O)N[C@H]4CCC[C@@H](C)NC4=O)=C[C@@H]4OC(C)(C)O[C@H]34)C(N)=O)[C@@H](OC)[C@H]2O)C(=O)N1. The summed E-state index contributed by atoms with van der Waals surface area (Å²) < 4.78 is 36.5. The number of rotatable bonds is 8. The molecule has 44 heavy (non-hydrogen) atoms. The van der Waals surface area contributed by atoms with Gasteiger partial charge in [0.15, 0.2) is 23.8 Å². The second kappa shape index (κ2) is 12.5. The van der Waals surface area contributed by atoms with Crippen LogP contribution in [0.25, 0.3) is 0 Å². The highest BCUT2D eigenvalue weighted by Gasteiger charge is 2.57. The van der Waals surface area contributed by atoms with E-state index in [0.29, 0.717) is 18.5 Å². The molecule has 0 aromatic rings. The van der Waals surface area contributed by atoms with Gasteiger partial charge in [0.05, 0.1) is 12.6 Å². The van der Waals surface area contributed by atoms with Crippen molar-refractivity contribution in [3.05, 3.63) is 24.1 Å². The van der Waals surface area contributed by atoms with Crippen LogP contribution in [-0.2, 0) is 42.8 Å². The Kier molecular flexibility index (Phi) is 9.11. The molecule has 0 spiro atoms. The van der Waals surface area contributed by atoms with E-state index >= 15 is 0 Å². The molecular weight excluding hydrogens is 582 g/mol. The van der Waals surface area contributed by atoms with E-state index in [1.807, 2.05) is 6.92 Å². The van der Waals surface area contributed by atoms with Crippen molar-refractivity contribution in [2.45, 2.75) is 113 Å². The molecule has 0 bridgehead atoms. The Morgan fingerprint density at radius 2 is 2.02 bits per heavy atom. The molecule has 16 nitrogen and oxygen atoms in total. The highest BCUT2D eigenvalue weighted by molar-refractivity contribution is 5.95. The molecule has 16 heteroatoms. The molecule has 0 aliphatic carbocycles. The minimum Gasteiger partial charge on any atom is -0.456 e. The fourth-order valence-electron chi connectivity index (χ4n) is 5.97. The van der Waals surface area contributed by atoms with Crippen molar-refractivity contribution in [1.29, 1.82) is 0 Å². The molecule has 5 amide bonds. The van der Waals surface area contributed by atoms with E-state index in [9.17, 15) is 24.3 Å². The highest BCUT2D eigenvalue weighted by atomic mass is 16.8. The number of nitrogens with zero attached hydrogens (tertiary/aromatic N) is 1. The van der Waals surface area contributed by atoms with E-state index in [2.05, 4.69) is 22.5 Å². The largest absolute Gasteiger partial charge is 0.497 e. The summed E-state index contributed by atoms with van der Waals surface area (Å²) in [6.07, 6.45) is -4.74. The first-order chi connectivity index (χ1) is 20.8. The van der Waals surface area contributed by atoms with Gasteiger partial charge in [-0.2, -0.15) is 9.37 Å². The van der Waals surface area contributed by atoms with Crippen LogP contribution in [0.3, 0.4) is 0 Å². The standard InChI is InChI=1S/C28H39N5O11/c1-12-7-6-8-14(23(36)30-12)32-24(37)16-11-15-18(44-28(3,4)43-15)26(40-16)42-21(22(29)35)20-19(39-5)17(34)25(41-20)33-10-9-13(2)31-27(33)38/h10-12,14-15,17-21,25-26,34H,2,6-9H2,1,3-5H3,(H4-,29,30,31,32,35,36,37,38)/p+1/t12-,14+,15+,17-,18+,19+,20+,21-,25-,26-/m1/s1. The fraction of sp³-hybridized carbons (Fsp3) is 0.679. The van der Waals surface area contributed by atoms with Gasteiger partial charge in [0, 0.05) is 13.2 Å². The zero-order valence-electron chi connectivity index (χ0n) is 25.0. The van der Waals surface area contributed by atoms with Gasteiger partial charge in [0.2, 0.25) is 24.3 Å². The molecular formula is C28H40N5O11+. The highest BCUT2D eigenvalue weighted by Crippen LogP contribution is 2.38. The van der Waals surface area contributed by atoms with Crippen LogP contribution in [0, 0.1) is 0 Å². The molecule has 0 saturated carbocycles. The number of nitrogens with two attached hydrogens (primary N) is 1. The Hall–Kier alpha value is -3.41. The van der Waals surface area contributed by atoms with Gasteiger partial charge in [-0.05, 0) is 46.1 Å². The molecule has 10 atom stereocenters. The van der Waals surface area contributed by atoms with Gasteiger partial charge >= 0.3 is 6.03 Å². The molecule has 0 unspecified atom stereocenters. The average Bonchev–Trinajstić information content (AvgIpc) is 3.38. The van der Waals surface area contributed by atoms with Crippen molar-refractivity contribution < 1.29 is 57.3 Å². The van der Waals surface area contributed by atoms with Gasteiger partial charge < -0.3 is 49.9 Å². The second-order valence-electron chi connectivity index (χ2n) is 11.9. The quantitative estimate of drug-likeness (QED) is 0.199. The number of carbonyl (C=O) groups excluding carboxylic acids is 4. The maximum atomic E-state index is 13.3. The summed E-state index contributed by atoms with van der Waals surface area (Å²) in [5.41, 5.74) is 6.22. The number of carbonyl (C=O) groups is 4. The van der Waals surface area contributed by atoms with Gasteiger partial charge in [0.25, 0.3) is 5.91 Å². The first-order valence-electron chi connectivity index (χ1n) is 14.5. The third kappa shape index (κ3) is 6.50. The van der Waals surface area contributed by atoms with E-state index < -0.39 is 78.8 Å². The van der Waals surface area contributed by atoms with Gasteiger partial charge in [-0.1, -0.05) is 6.58 Å². The molecule has 5 aliphatic heterocycles. The van der Waals surface area contributed by atoms with Crippen LogP contribution < -0.4 is 21.7 Å². The molecule has 6 N–H and O–H groups in total. The van der Waals surface area contributed by atoms with E-state index in [-0.39, 0.29) is 17.7 Å². The van der Waals surface area contributed by atoms with Crippen LogP contribution in [-0.4, -0.2) is 114 Å². The summed E-state index contributed by atoms with van der Waals surface area (Å²) in [4.78, 5) is 51.4. The first-order valence-corrected chi connectivity index (χ1v) is 14.5. The summed E-state index contributed by atoms with van der Waals surface area (Å²) in [6, 6.07) is -1.39. The van der Waals surface area contributed by atoms with Crippen LogP contribution in [0.1, 0.15) is 46.5 Å². The Morgan fingerprint density at radius 1 is 1.27 bits per heavy atom. The Labute approximate surface area is 253 Å². The predicted molar refractivity (Wildman–Crippen MR) is 148 cm³/mol. The third-order valence-electron chi connectivity index (χ3n) is 8.06. The Balaban J connectivity index is 1.37. The molecule has 3 saturated heterocycles. The Morgan fingerprint density at radius 3 is 2.70 bits per heavy atom. The predicted octanol–water partition coefficient (Wildman–Crippen LogP) is -1.40. The van der Waals surface area contributed by atoms with Crippen molar-refractivity contribution >= 4 is 30.0 Å². The van der Waals surface area contributed by atoms with Gasteiger partial charge in [0.1, 0.15) is 36.2 Å². The zero-order valence-corrected chi connectivity index (χ0v) is 25.0. The lowest BCUT2D eigenvalue weighted by Crippen LogP contribution is -2.54. The zero-order chi connectivity index (χ0) is 31.9. The topological polar surface area (TPSA) is 209 Å². The summed E-state index contributed by atoms with van der Waals surface area (Å²) in [7, 11) is 1.30. The van der Waals surface area contributed by atoms with Crippen LogP contribution in [0.5, 0.6) is 0 Å². The van der Waals surface area contributed by atoms with Crippen molar-refractivity contribution in [3.63, 3.8) is 0 Å². The smallest absolute Gasteiger partial charge is 0.456 e. The van der Waals surface area contributed by atoms with Crippen molar-refractivity contribution in [2.24, 2.45) is 5.73 Å². The number of primary amides is 1. The lowest BCUT2D eigenvalue weighted by Gasteiger charge is -2.35. The number of hydrogen-bond acceptors (Lipinski definition) is 11. The van der Waals surface area contributed by atoms with Crippen LogP contribution in [0.2, 0.25) is 0 Å². The van der Waals surface area contributed by atoms with Crippen LogP contribution in [0.4, 0.5) is 4.79 Å². The molecule has 242 valence electrons. The van der Waals surface area contributed by atoms with Gasteiger partial charge in [-0.3, -0.25) is 14.4 Å². The first kappa shape index (κ1) is 32.0. The molecule has 0 aromatic heterocycles. The molecule has 5 aliphatic rings. The minimum absolute atomic E-state index is 0.0152. The third-order valence-corrected chi connectivity index (χ3v) is 8.06. The summed E-state index contributed by atoms with van der Waals surface area (Å²) >= 11 is 0. The fourth-order valence-corrected chi connectivity index (χ4v) is 5.97. The van der Waals surface area contributed by atoms with Gasteiger partial charge in [-0.25, -0.2) is 5.32 Å². The number of nitrogens with one attached hydrogen (secondary N) is 3. The maximum absolute atomic E-state index is 13.3. The number of amides is 5. The number of allylic oxidation sites excluding steroid dienone is 1. The number of hydrogen-bond donors (Lipinski definition) is 5. The molecule has 5 heterocycles. The molecule has 3 fully saturated rings. The summed E-state index contributed by atoms with van der Waals surface area (Å²) in [5.74, 6) is -3.30. The number of urea groups is 1. The number of aliphatic hydroxyl groups is 1. The number of ether oxygens (including phenoxy) is 6. The number of aliphatic hydroxyl groups excluding tert-OH is 1. The summed E-state index contributed by atoms with van der Waals surface area (Å²) in [6.45, 7) is 8.94. The molecule has 5 rings (SSSR count). The van der Waals surface area contributed by atoms with E-state index in [0.717, 1.165) is 17.4 Å². The molecule has 0 radical (unpaired) electrons. The maximum Gasteiger partial charge on any atom is 0.497 e. The Bertz CT molecular complexity index is 1270. The van der Waals surface area contributed by atoms with E-state index in [1.165, 1.54) is 19.4 Å². The van der Waals surface area contributed by atoms with Crippen molar-refractivity contribution in [3.8, 4) is 0 Å². The van der Waals surface area contributed by atoms with Crippen molar-refractivity contribution in [2.75, 3.05) is 7.11 Å². The summed E-state index contributed by atoms with van der Waals surface area (Å²) in [5, 5.41) is 19.2. The molecule has 0 aromatic carbocycles. The van der Waals surface area contributed by atoms with Crippen LogP contribution in [0.15, 0.2) is 24.1 Å². The van der Waals surface area contributed by atoms with E-state index in [1.54, 1.807) is 13.8 Å². The number of methoxy groups -OCH3 is 1. The van der Waals surface area contributed by atoms with Gasteiger partial charge in [-0.15, -0.1) is 0 Å².